The number of methoxy groups -OCH3 is 1. The summed E-state index contributed by atoms with van der Waals surface area (Å²) in [5.74, 6) is 0.625. The van der Waals surface area contributed by atoms with E-state index in [9.17, 15) is 4.79 Å². The van der Waals surface area contributed by atoms with E-state index in [0.717, 1.165) is 31.1 Å². The zero-order valence-corrected chi connectivity index (χ0v) is 16.9. The van der Waals surface area contributed by atoms with Crippen LogP contribution in [0.1, 0.15) is 43.0 Å². The normalized spacial score (nSPS) is 14.7. The first-order valence-electron chi connectivity index (χ1n) is 10.2. The van der Waals surface area contributed by atoms with Crippen molar-refractivity contribution >= 4 is 17.3 Å². The molecule has 1 saturated heterocycles. The van der Waals surface area contributed by atoms with E-state index in [1.807, 2.05) is 12.1 Å². The van der Waals surface area contributed by atoms with Gasteiger partial charge in [-0.15, -0.1) is 0 Å². The molecule has 1 fully saturated rings. The first-order chi connectivity index (χ1) is 13.7. The summed E-state index contributed by atoms with van der Waals surface area (Å²) in [6, 6.07) is 15.9. The van der Waals surface area contributed by atoms with Crippen LogP contribution in [0.4, 0.5) is 11.4 Å². The number of anilines is 2. The largest absolute Gasteiger partial charge is 0.497 e. The third-order valence-corrected chi connectivity index (χ3v) is 5.30. The van der Waals surface area contributed by atoms with Crippen molar-refractivity contribution in [2.75, 3.05) is 37.0 Å². The molecule has 0 radical (unpaired) electrons. The third-order valence-electron chi connectivity index (χ3n) is 5.30. The summed E-state index contributed by atoms with van der Waals surface area (Å²) >= 11 is 0. The molecule has 2 aromatic rings. The van der Waals surface area contributed by atoms with Gasteiger partial charge < -0.3 is 20.3 Å². The molecule has 0 spiro atoms. The zero-order chi connectivity index (χ0) is 19.8. The number of piperidine rings is 1. The molecule has 3 rings (SSSR count). The average Bonchev–Trinajstić information content (AvgIpc) is 2.75. The van der Waals surface area contributed by atoms with Crippen molar-refractivity contribution in [2.45, 2.75) is 38.6 Å². The molecular formula is C23H31N3O2. The second-order valence-corrected chi connectivity index (χ2v) is 7.30. The maximum absolute atomic E-state index is 12.4. The van der Waals surface area contributed by atoms with Gasteiger partial charge in [0.05, 0.1) is 7.11 Å². The van der Waals surface area contributed by atoms with E-state index in [0.29, 0.717) is 11.6 Å². The highest BCUT2D eigenvalue weighted by Gasteiger charge is 2.18. The Kier molecular flexibility index (Phi) is 7.31. The molecule has 1 aliphatic rings. The van der Waals surface area contributed by atoms with Gasteiger partial charge >= 0.3 is 0 Å². The van der Waals surface area contributed by atoms with Crippen LogP contribution < -0.4 is 20.3 Å². The predicted molar refractivity (Wildman–Crippen MR) is 116 cm³/mol. The molecule has 5 heteroatoms. The second-order valence-electron chi connectivity index (χ2n) is 7.30. The molecule has 150 valence electrons. The lowest BCUT2D eigenvalue weighted by Gasteiger charge is -2.34. The van der Waals surface area contributed by atoms with Crippen molar-refractivity contribution in [3.63, 3.8) is 0 Å². The topological polar surface area (TPSA) is 53.6 Å². The fourth-order valence-electron chi connectivity index (χ4n) is 3.53. The fourth-order valence-corrected chi connectivity index (χ4v) is 3.53. The van der Waals surface area contributed by atoms with Crippen molar-refractivity contribution < 1.29 is 9.53 Å². The van der Waals surface area contributed by atoms with Gasteiger partial charge in [-0.05, 0) is 74.3 Å². The molecule has 1 amide bonds. The highest BCUT2D eigenvalue weighted by molar-refractivity contribution is 6.04. The predicted octanol–water partition coefficient (Wildman–Crippen LogP) is 4.31. The summed E-state index contributed by atoms with van der Waals surface area (Å²) in [5, 5.41) is 6.62. The molecule has 0 aliphatic carbocycles. The van der Waals surface area contributed by atoms with Crippen LogP contribution in [0.5, 0.6) is 5.75 Å². The van der Waals surface area contributed by atoms with E-state index in [-0.39, 0.29) is 5.91 Å². The number of amides is 1. The minimum atomic E-state index is -0.116. The van der Waals surface area contributed by atoms with Crippen molar-refractivity contribution in [1.82, 2.24) is 5.32 Å². The van der Waals surface area contributed by atoms with Crippen LogP contribution in [-0.2, 0) is 0 Å². The van der Waals surface area contributed by atoms with E-state index in [2.05, 4.69) is 34.6 Å². The smallest absolute Gasteiger partial charge is 0.255 e. The SMILES string of the molecule is CCCCNC1CCN(c2ccc(NC(=O)c3ccc(OC)cc3)cc2)CC1. The van der Waals surface area contributed by atoms with Crippen LogP contribution in [0, 0.1) is 0 Å². The Balaban J connectivity index is 1.50. The number of nitrogens with one attached hydrogen (secondary N) is 2. The van der Waals surface area contributed by atoms with E-state index in [1.54, 1.807) is 31.4 Å². The summed E-state index contributed by atoms with van der Waals surface area (Å²) in [7, 11) is 1.61. The van der Waals surface area contributed by atoms with E-state index in [4.69, 9.17) is 4.74 Å². The van der Waals surface area contributed by atoms with Crippen molar-refractivity contribution in [3.05, 3.63) is 54.1 Å². The van der Waals surface area contributed by atoms with Gasteiger partial charge in [0, 0.05) is 36.1 Å². The number of carbonyl (C=O) groups excluding carboxylic acids is 1. The van der Waals surface area contributed by atoms with Crippen LogP contribution >= 0.6 is 0 Å². The highest BCUT2D eigenvalue weighted by atomic mass is 16.5. The van der Waals surface area contributed by atoms with Crippen molar-refractivity contribution in [2.24, 2.45) is 0 Å². The van der Waals surface area contributed by atoms with Gasteiger partial charge in [0.1, 0.15) is 5.75 Å². The maximum atomic E-state index is 12.4. The second kappa shape index (κ2) is 10.1. The summed E-state index contributed by atoms with van der Waals surface area (Å²) in [6.07, 6.45) is 4.86. The summed E-state index contributed by atoms with van der Waals surface area (Å²) < 4.78 is 5.13. The number of unbranched alkanes of at least 4 members (excludes halogenated alkanes) is 1. The van der Waals surface area contributed by atoms with E-state index < -0.39 is 0 Å². The van der Waals surface area contributed by atoms with Gasteiger partial charge in [-0.25, -0.2) is 0 Å². The lowest BCUT2D eigenvalue weighted by atomic mass is 10.0. The van der Waals surface area contributed by atoms with E-state index >= 15 is 0 Å². The minimum Gasteiger partial charge on any atom is -0.497 e. The first-order valence-corrected chi connectivity index (χ1v) is 10.2. The van der Waals surface area contributed by atoms with Gasteiger partial charge in [-0.2, -0.15) is 0 Å². The molecule has 1 aliphatic heterocycles. The monoisotopic (exact) mass is 381 g/mol. The van der Waals surface area contributed by atoms with Gasteiger partial charge in [-0.3, -0.25) is 4.79 Å². The Morgan fingerprint density at radius 1 is 1.07 bits per heavy atom. The van der Waals surface area contributed by atoms with Gasteiger partial charge in [0.2, 0.25) is 0 Å². The maximum Gasteiger partial charge on any atom is 0.255 e. The molecule has 0 unspecified atom stereocenters. The number of nitrogens with zero attached hydrogens (tertiary/aromatic N) is 1. The van der Waals surface area contributed by atoms with Gasteiger partial charge in [0.15, 0.2) is 0 Å². The molecule has 1 heterocycles. The summed E-state index contributed by atoms with van der Waals surface area (Å²) in [6.45, 7) is 5.50. The van der Waals surface area contributed by atoms with Gasteiger partial charge in [0.25, 0.3) is 5.91 Å². The number of hydrogen-bond donors (Lipinski definition) is 2. The lowest BCUT2D eigenvalue weighted by Crippen LogP contribution is -2.42. The lowest BCUT2D eigenvalue weighted by molar-refractivity contribution is 0.102. The number of benzene rings is 2. The van der Waals surface area contributed by atoms with Crippen LogP contribution in [0.3, 0.4) is 0 Å². The Morgan fingerprint density at radius 2 is 1.75 bits per heavy atom. The Labute approximate surface area is 168 Å². The van der Waals surface area contributed by atoms with Crippen LogP contribution in [0.25, 0.3) is 0 Å². The third kappa shape index (κ3) is 5.49. The van der Waals surface area contributed by atoms with E-state index in [1.165, 1.54) is 31.4 Å². The standard InChI is InChI=1S/C23H31N3O2/c1-3-4-15-24-19-13-16-26(17-14-19)21-9-7-20(8-10-21)25-23(27)18-5-11-22(28-2)12-6-18/h5-12,19,24H,3-4,13-17H2,1-2H3,(H,25,27). The molecule has 2 N–H and O–H groups in total. The summed E-state index contributed by atoms with van der Waals surface area (Å²) in [5.41, 5.74) is 2.64. The van der Waals surface area contributed by atoms with Crippen molar-refractivity contribution in [3.8, 4) is 5.75 Å². The molecule has 28 heavy (non-hydrogen) atoms. The van der Waals surface area contributed by atoms with Crippen molar-refractivity contribution in [1.29, 1.82) is 0 Å². The Bertz CT molecular complexity index is 735. The number of hydrogen-bond acceptors (Lipinski definition) is 4. The average molecular weight is 382 g/mol. The van der Waals surface area contributed by atoms with Crippen LogP contribution in [0.2, 0.25) is 0 Å². The highest BCUT2D eigenvalue weighted by Crippen LogP contribution is 2.22. The number of carbonyl (C=O) groups is 1. The summed E-state index contributed by atoms with van der Waals surface area (Å²) in [4.78, 5) is 14.8. The van der Waals surface area contributed by atoms with Crippen LogP contribution in [0.15, 0.2) is 48.5 Å². The number of ether oxygens (including phenoxy) is 1. The zero-order valence-electron chi connectivity index (χ0n) is 16.9. The molecule has 0 atom stereocenters. The quantitative estimate of drug-likeness (QED) is 0.669. The Hall–Kier alpha value is -2.53. The fraction of sp³-hybridized carbons (Fsp3) is 0.435. The molecule has 0 aromatic heterocycles. The number of rotatable bonds is 8. The van der Waals surface area contributed by atoms with Crippen LogP contribution in [-0.4, -0.2) is 38.7 Å². The molecular weight excluding hydrogens is 350 g/mol. The minimum absolute atomic E-state index is 0.116. The molecule has 5 nitrogen and oxygen atoms in total. The molecule has 0 saturated carbocycles. The first kappa shape index (κ1) is 20.2. The molecule has 2 aromatic carbocycles. The Morgan fingerprint density at radius 3 is 2.36 bits per heavy atom. The van der Waals surface area contributed by atoms with Gasteiger partial charge in [-0.1, -0.05) is 13.3 Å². The molecule has 0 bridgehead atoms.